The third-order valence-corrected chi connectivity index (χ3v) is 4.91. The van der Waals surface area contributed by atoms with E-state index in [-0.39, 0.29) is 29.9 Å². The molecule has 1 saturated heterocycles. The molecule has 1 aromatic carbocycles. The molecule has 1 amide bonds. The summed E-state index contributed by atoms with van der Waals surface area (Å²) >= 11 is 6.05. The quantitative estimate of drug-likeness (QED) is 0.270. The third kappa shape index (κ3) is 6.46. The first kappa shape index (κ1) is 23.2. The first-order valence-corrected chi connectivity index (χ1v) is 9.71. The highest BCUT2D eigenvalue weighted by Gasteiger charge is 2.20. The molecule has 1 fully saturated rings. The van der Waals surface area contributed by atoms with E-state index < -0.39 is 0 Å². The summed E-state index contributed by atoms with van der Waals surface area (Å²) in [5.74, 6) is 1.67. The van der Waals surface area contributed by atoms with E-state index in [2.05, 4.69) is 30.4 Å². The summed E-state index contributed by atoms with van der Waals surface area (Å²) < 4.78 is 0. The van der Waals surface area contributed by atoms with Gasteiger partial charge in [0.05, 0.1) is 10.6 Å². The van der Waals surface area contributed by atoms with Gasteiger partial charge in [0.25, 0.3) is 5.91 Å². The van der Waals surface area contributed by atoms with Crippen molar-refractivity contribution in [1.82, 2.24) is 20.5 Å². The molecule has 0 atom stereocenters. The zero-order chi connectivity index (χ0) is 19.8. The van der Waals surface area contributed by atoms with Crippen molar-refractivity contribution in [3.8, 4) is 0 Å². The Hall–Kier alpha value is -2.07. The summed E-state index contributed by atoms with van der Waals surface area (Å²) in [5.41, 5.74) is 0.485. The van der Waals surface area contributed by atoms with Gasteiger partial charge in [-0.2, -0.15) is 0 Å². The van der Waals surface area contributed by atoms with Crippen LogP contribution in [0, 0.1) is 0 Å². The van der Waals surface area contributed by atoms with Crippen LogP contribution in [0.15, 0.2) is 53.7 Å². The Kier molecular flexibility index (Phi) is 9.46. The summed E-state index contributed by atoms with van der Waals surface area (Å²) in [4.78, 5) is 25.4. The molecule has 9 heteroatoms. The van der Waals surface area contributed by atoms with Crippen molar-refractivity contribution in [2.75, 3.05) is 51.2 Å². The average Bonchev–Trinajstić information content (AvgIpc) is 2.75. The second kappa shape index (κ2) is 11.8. The molecule has 0 bridgehead atoms. The molecule has 1 aliphatic heterocycles. The predicted octanol–water partition coefficient (Wildman–Crippen LogP) is 2.48. The van der Waals surface area contributed by atoms with Crippen molar-refractivity contribution in [2.24, 2.45) is 4.99 Å². The minimum Gasteiger partial charge on any atom is -0.354 e. The van der Waals surface area contributed by atoms with Gasteiger partial charge in [-0.1, -0.05) is 29.8 Å². The van der Waals surface area contributed by atoms with E-state index in [1.807, 2.05) is 24.4 Å². The summed E-state index contributed by atoms with van der Waals surface area (Å²) in [6.45, 7) is 4.58. The molecule has 0 unspecified atom stereocenters. The number of anilines is 1. The van der Waals surface area contributed by atoms with Gasteiger partial charge in [-0.3, -0.25) is 9.79 Å². The monoisotopic (exact) mass is 528 g/mol. The van der Waals surface area contributed by atoms with E-state index in [0.29, 0.717) is 23.7 Å². The number of nitrogens with zero attached hydrogens (tertiary/aromatic N) is 4. The maximum Gasteiger partial charge on any atom is 0.252 e. The molecule has 3 rings (SSSR count). The van der Waals surface area contributed by atoms with Gasteiger partial charge in [0.1, 0.15) is 5.82 Å². The molecule has 7 nitrogen and oxygen atoms in total. The van der Waals surface area contributed by atoms with Gasteiger partial charge in [0.15, 0.2) is 5.96 Å². The highest BCUT2D eigenvalue weighted by atomic mass is 127. The number of piperazine rings is 1. The Balaban J connectivity index is 0.00000300. The lowest BCUT2D eigenvalue weighted by molar-refractivity contribution is 0.0954. The van der Waals surface area contributed by atoms with Crippen LogP contribution in [0.25, 0.3) is 0 Å². The standard InChI is InChI=1S/C20H25ClN6O.HI/c1-22-20(25-11-10-24-19(28)16-6-2-3-7-17(16)21)27-14-12-26(13-15-27)18-8-4-5-9-23-18;/h2-9H,10-15H2,1H3,(H,22,25)(H,24,28);1H. The van der Waals surface area contributed by atoms with Crippen LogP contribution < -0.4 is 15.5 Å². The first-order chi connectivity index (χ1) is 13.7. The Morgan fingerprint density at radius 2 is 1.76 bits per heavy atom. The molecule has 29 heavy (non-hydrogen) atoms. The van der Waals surface area contributed by atoms with E-state index in [1.165, 1.54) is 0 Å². The van der Waals surface area contributed by atoms with Gasteiger partial charge in [-0.25, -0.2) is 4.98 Å². The van der Waals surface area contributed by atoms with Gasteiger partial charge in [-0.05, 0) is 24.3 Å². The van der Waals surface area contributed by atoms with Gasteiger partial charge in [0.2, 0.25) is 0 Å². The van der Waals surface area contributed by atoms with Crippen LogP contribution in [0.2, 0.25) is 5.02 Å². The molecular formula is C20H26ClIN6O. The van der Waals surface area contributed by atoms with Gasteiger partial charge in [-0.15, -0.1) is 24.0 Å². The average molecular weight is 529 g/mol. The van der Waals surface area contributed by atoms with Gasteiger partial charge >= 0.3 is 0 Å². The number of rotatable bonds is 5. The fourth-order valence-electron chi connectivity index (χ4n) is 3.11. The second-order valence-electron chi connectivity index (χ2n) is 6.37. The number of aromatic nitrogens is 1. The molecule has 0 spiro atoms. The number of hydrogen-bond donors (Lipinski definition) is 2. The van der Waals surface area contributed by atoms with Gasteiger partial charge < -0.3 is 20.4 Å². The largest absolute Gasteiger partial charge is 0.354 e. The maximum atomic E-state index is 12.2. The highest BCUT2D eigenvalue weighted by Crippen LogP contribution is 2.14. The van der Waals surface area contributed by atoms with Crippen molar-refractivity contribution >= 4 is 53.3 Å². The third-order valence-electron chi connectivity index (χ3n) is 4.58. The molecule has 156 valence electrons. The lowest BCUT2D eigenvalue weighted by Crippen LogP contribution is -2.53. The van der Waals surface area contributed by atoms with E-state index in [1.54, 1.807) is 31.3 Å². The van der Waals surface area contributed by atoms with Crippen molar-refractivity contribution in [1.29, 1.82) is 0 Å². The van der Waals surface area contributed by atoms with Gasteiger partial charge in [0, 0.05) is 52.5 Å². The van der Waals surface area contributed by atoms with Crippen LogP contribution in [0.5, 0.6) is 0 Å². The number of hydrogen-bond acceptors (Lipinski definition) is 4. The minimum atomic E-state index is -0.175. The number of amides is 1. The summed E-state index contributed by atoms with van der Waals surface area (Å²) in [7, 11) is 1.77. The van der Waals surface area contributed by atoms with Crippen LogP contribution in [0.4, 0.5) is 5.82 Å². The number of nitrogens with one attached hydrogen (secondary N) is 2. The summed E-state index contributed by atoms with van der Waals surface area (Å²) in [6.07, 6.45) is 1.82. The smallest absolute Gasteiger partial charge is 0.252 e. The Bertz CT molecular complexity index is 812. The van der Waals surface area contributed by atoms with E-state index in [0.717, 1.165) is 38.0 Å². The fourth-order valence-corrected chi connectivity index (χ4v) is 3.33. The number of halogens is 2. The zero-order valence-electron chi connectivity index (χ0n) is 16.3. The Morgan fingerprint density at radius 3 is 2.41 bits per heavy atom. The van der Waals surface area contributed by atoms with E-state index in [9.17, 15) is 4.79 Å². The molecule has 0 aliphatic carbocycles. The first-order valence-electron chi connectivity index (χ1n) is 9.33. The molecule has 2 aromatic rings. The molecular weight excluding hydrogens is 503 g/mol. The molecule has 0 saturated carbocycles. The van der Waals surface area contributed by atoms with Crippen molar-refractivity contribution in [3.05, 3.63) is 59.2 Å². The molecule has 2 heterocycles. The number of benzene rings is 1. The summed E-state index contributed by atoms with van der Waals surface area (Å²) in [5, 5.41) is 6.64. The highest BCUT2D eigenvalue weighted by molar-refractivity contribution is 14.0. The minimum absolute atomic E-state index is 0. The normalized spacial score (nSPS) is 14.2. The number of guanidine groups is 1. The van der Waals surface area contributed by atoms with Crippen molar-refractivity contribution in [2.45, 2.75) is 0 Å². The summed E-state index contributed by atoms with van der Waals surface area (Å²) in [6, 6.07) is 13.0. The predicted molar refractivity (Wildman–Crippen MR) is 129 cm³/mol. The second-order valence-corrected chi connectivity index (χ2v) is 6.78. The molecule has 1 aliphatic rings. The number of carbonyl (C=O) groups is 1. The molecule has 2 N–H and O–H groups in total. The zero-order valence-corrected chi connectivity index (χ0v) is 19.4. The van der Waals surface area contributed by atoms with Crippen LogP contribution in [-0.4, -0.2) is 68.1 Å². The molecule has 0 radical (unpaired) electrons. The van der Waals surface area contributed by atoms with Crippen LogP contribution >= 0.6 is 35.6 Å². The number of aliphatic imine (C=N–C) groups is 1. The number of pyridine rings is 1. The van der Waals surface area contributed by atoms with Crippen LogP contribution in [0.3, 0.4) is 0 Å². The maximum absolute atomic E-state index is 12.2. The SMILES string of the molecule is CN=C(NCCNC(=O)c1ccccc1Cl)N1CCN(c2ccccn2)CC1.I. The molecule has 1 aromatic heterocycles. The lowest BCUT2D eigenvalue weighted by Gasteiger charge is -2.37. The fraction of sp³-hybridized carbons (Fsp3) is 0.350. The Morgan fingerprint density at radius 1 is 1.07 bits per heavy atom. The Labute approximate surface area is 193 Å². The van der Waals surface area contributed by atoms with E-state index in [4.69, 9.17) is 11.6 Å². The van der Waals surface area contributed by atoms with Crippen LogP contribution in [-0.2, 0) is 0 Å². The van der Waals surface area contributed by atoms with Crippen LogP contribution in [0.1, 0.15) is 10.4 Å². The van der Waals surface area contributed by atoms with Crippen molar-refractivity contribution in [3.63, 3.8) is 0 Å². The van der Waals surface area contributed by atoms with Crippen molar-refractivity contribution < 1.29 is 4.79 Å². The number of carbonyl (C=O) groups excluding carboxylic acids is 1. The van der Waals surface area contributed by atoms with E-state index >= 15 is 0 Å². The topological polar surface area (TPSA) is 72.9 Å². The lowest BCUT2D eigenvalue weighted by atomic mass is 10.2.